The molecular weight excluding hydrogens is 288 g/mol. The summed E-state index contributed by atoms with van der Waals surface area (Å²) in [5.41, 5.74) is 1.38. The third-order valence-corrected chi connectivity index (χ3v) is 4.11. The van der Waals surface area contributed by atoms with Crippen LogP contribution in [-0.2, 0) is 0 Å². The Morgan fingerprint density at radius 1 is 1.24 bits per heavy atom. The normalized spacial score (nSPS) is 12.0. The second-order valence-electron chi connectivity index (χ2n) is 4.63. The number of rotatable bonds is 6. The molecule has 0 saturated carbocycles. The minimum Gasteiger partial charge on any atom is -0.378 e. The van der Waals surface area contributed by atoms with Gasteiger partial charge in [-0.2, -0.15) is 0 Å². The quantitative estimate of drug-likeness (QED) is 0.565. The Balaban J connectivity index is 2.19. The Morgan fingerprint density at radius 2 is 2.00 bits per heavy atom. The number of anilines is 1. The lowest BCUT2D eigenvalue weighted by Gasteiger charge is -2.18. The van der Waals surface area contributed by atoms with Gasteiger partial charge in [-0.05, 0) is 25.1 Å². The molecule has 0 saturated heterocycles. The van der Waals surface area contributed by atoms with Crippen LogP contribution in [0.15, 0.2) is 60.0 Å². The summed E-state index contributed by atoms with van der Waals surface area (Å²) in [6, 6.07) is 11.2. The van der Waals surface area contributed by atoms with Crippen LogP contribution in [0.1, 0.15) is 18.5 Å². The van der Waals surface area contributed by atoms with E-state index < -0.39 is 11.6 Å². The fourth-order valence-corrected chi connectivity index (χ4v) is 2.78. The topological polar surface area (TPSA) is 12.0 Å². The van der Waals surface area contributed by atoms with Gasteiger partial charge in [-0.1, -0.05) is 24.3 Å². The first-order valence-corrected chi connectivity index (χ1v) is 7.64. The lowest BCUT2D eigenvalue weighted by atomic mass is 10.1. The Hall–Kier alpha value is -1.81. The first kappa shape index (κ1) is 15.6. The van der Waals surface area contributed by atoms with Gasteiger partial charge in [0, 0.05) is 28.0 Å². The molecule has 0 radical (unpaired) electrons. The van der Waals surface area contributed by atoms with Gasteiger partial charge in [-0.25, -0.2) is 8.78 Å². The number of hydrogen-bond acceptors (Lipinski definition) is 2. The zero-order valence-electron chi connectivity index (χ0n) is 11.8. The summed E-state index contributed by atoms with van der Waals surface area (Å²) in [5.74, 6) is -0.297. The number of para-hydroxylation sites is 1. The monoisotopic (exact) mass is 305 g/mol. The summed E-state index contributed by atoms with van der Waals surface area (Å²) in [6.45, 7) is 5.56. The molecule has 0 aromatic heterocycles. The molecule has 1 nitrogen and oxygen atoms in total. The van der Waals surface area contributed by atoms with Crippen LogP contribution in [0.3, 0.4) is 0 Å². The molecule has 4 heteroatoms. The lowest BCUT2D eigenvalue weighted by Crippen LogP contribution is -2.09. The van der Waals surface area contributed by atoms with Crippen LogP contribution in [-0.4, -0.2) is 5.75 Å². The molecule has 110 valence electrons. The minimum atomic E-state index is -0.564. The van der Waals surface area contributed by atoms with E-state index in [1.807, 2.05) is 37.3 Å². The van der Waals surface area contributed by atoms with Gasteiger partial charge in [-0.3, -0.25) is 0 Å². The fraction of sp³-hybridized carbons (Fsp3) is 0.176. The molecule has 1 N–H and O–H groups in total. The van der Waals surface area contributed by atoms with Crippen LogP contribution in [0.25, 0.3) is 0 Å². The van der Waals surface area contributed by atoms with E-state index in [1.165, 1.54) is 12.1 Å². The number of halogens is 2. The zero-order chi connectivity index (χ0) is 15.2. The summed E-state index contributed by atoms with van der Waals surface area (Å²) < 4.78 is 26.8. The zero-order valence-corrected chi connectivity index (χ0v) is 12.6. The average Bonchev–Trinajstić information content (AvgIpc) is 2.46. The molecule has 0 aliphatic rings. The van der Waals surface area contributed by atoms with Gasteiger partial charge in [0.15, 0.2) is 0 Å². The molecule has 1 atom stereocenters. The highest BCUT2D eigenvalue weighted by Crippen LogP contribution is 2.30. The van der Waals surface area contributed by atoms with Crippen molar-refractivity contribution in [3.8, 4) is 0 Å². The third kappa shape index (κ3) is 4.08. The Bertz CT molecular complexity index is 628. The van der Waals surface area contributed by atoms with Crippen molar-refractivity contribution in [1.29, 1.82) is 0 Å². The molecule has 0 heterocycles. The second kappa shape index (κ2) is 7.27. The van der Waals surface area contributed by atoms with Crippen molar-refractivity contribution in [2.75, 3.05) is 11.1 Å². The summed E-state index contributed by atoms with van der Waals surface area (Å²) >= 11 is 1.66. The van der Waals surface area contributed by atoms with Crippen LogP contribution < -0.4 is 5.32 Å². The summed E-state index contributed by atoms with van der Waals surface area (Å²) in [6.07, 6.45) is 1.84. The molecule has 0 amide bonds. The van der Waals surface area contributed by atoms with E-state index >= 15 is 0 Å². The molecular formula is C17H17F2NS. The molecule has 2 aromatic rings. The van der Waals surface area contributed by atoms with Gasteiger partial charge in [0.2, 0.25) is 0 Å². The Kier molecular flexibility index (Phi) is 5.39. The fourth-order valence-electron chi connectivity index (χ4n) is 2.02. The van der Waals surface area contributed by atoms with Crippen molar-refractivity contribution < 1.29 is 8.78 Å². The highest BCUT2D eigenvalue weighted by atomic mass is 32.2. The lowest BCUT2D eigenvalue weighted by molar-refractivity contribution is 0.566. The van der Waals surface area contributed by atoms with Crippen molar-refractivity contribution in [3.05, 3.63) is 72.3 Å². The summed E-state index contributed by atoms with van der Waals surface area (Å²) in [7, 11) is 0. The molecule has 2 rings (SSSR count). The predicted octanol–water partition coefficient (Wildman–Crippen LogP) is 5.42. The molecule has 0 bridgehead atoms. The Morgan fingerprint density at radius 3 is 2.71 bits per heavy atom. The van der Waals surface area contributed by atoms with Crippen molar-refractivity contribution in [2.24, 2.45) is 0 Å². The minimum absolute atomic E-state index is 0.254. The SMILES string of the molecule is C=CCSc1ccccc1NC(C)c1ccc(F)cc1F. The van der Waals surface area contributed by atoms with Gasteiger partial charge in [0.1, 0.15) is 11.6 Å². The van der Waals surface area contributed by atoms with Crippen molar-refractivity contribution >= 4 is 17.4 Å². The van der Waals surface area contributed by atoms with Crippen molar-refractivity contribution in [3.63, 3.8) is 0 Å². The van der Waals surface area contributed by atoms with Crippen LogP contribution in [0.5, 0.6) is 0 Å². The first-order valence-electron chi connectivity index (χ1n) is 6.66. The maximum absolute atomic E-state index is 13.8. The molecule has 21 heavy (non-hydrogen) atoms. The predicted molar refractivity (Wildman–Crippen MR) is 85.8 cm³/mol. The molecule has 0 aliphatic heterocycles. The van der Waals surface area contributed by atoms with Gasteiger partial charge in [0.25, 0.3) is 0 Å². The number of hydrogen-bond donors (Lipinski definition) is 1. The molecule has 0 fully saturated rings. The van der Waals surface area contributed by atoms with E-state index in [-0.39, 0.29) is 6.04 Å². The number of benzene rings is 2. The second-order valence-corrected chi connectivity index (χ2v) is 5.69. The van der Waals surface area contributed by atoms with E-state index in [0.717, 1.165) is 22.4 Å². The highest BCUT2D eigenvalue weighted by Gasteiger charge is 2.13. The third-order valence-electron chi connectivity index (χ3n) is 3.04. The maximum atomic E-state index is 13.8. The smallest absolute Gasteiger partial charge is 0.131 e. The van der Waals surface area contributed by atoms with Crippen molar-refractivity contribution in [1.82, 2.24) is 0 Å². The molecule has 0 spiro atoms. The maximum Gasteiger partial charge on any atom is 0.131 e. The van der Waals surface area contributed by atoms with Gasteiger partial charge in [-0.15, -0.1) is 18.3 Å². The van der Waals surface area contributed by atoms with Crippen LogP contribution in [0.2, 0.25) is 0 Å². The summed E-state index contributed by atoms with van der Waals surface area (Å²) in [5, 5.41) is 3.28. The van der Waals surface area contributed by atoms with E-state index in [4.69, 9.17) is 0 Å². The van der Waals surface area contributed by atoms with Gasteiger partial charge >= 0.3 is 0 Å². The van der Waals surface area contributed by atoms with E-state index in [1.54, 1.807) is 11.8 Å². The Labute approximate surface area is 128 Å². The number of thioether (sulfide) groups is 1. The van der Waals surface area contributed by atoms with E-state index in [2.05, 4.69) is 11.9 Å². The first-order chi connectivity index (χ1) is 10.1. The largest absolute Gasteiger partial charge is 0.378 e. The van der Waals surface area contributed by atoms with Crippen molar-refractivity contribution in [2.45, 2.75) is 17.9 Å². The molecule has 1 unspecified atom stereocenters. The standard InChI is InChI=1S/C17H17F2NS/c1-3-10-21-17-7-5-4-6-16(17)20-12(2)14-9-8-13(18)11-15(14)19/h3-9,11-12,20H,1,10H2,2H3. The van der Waals surface area contributed by atoms with Crippen LogP contribution in [0, 0.1) is 11.6 Å². The summed E-state index contributed by atoms with van der Waals surface area (Å²) in [4.78, 5) is 1.08. The molecule has 2 aromatic carbocycles. The van der Waals surface area contributed by atoms with Gasteiger partial charge in [0.05, 0.1) is 6.04 Å². The van der Waals surface area contributed by atoms with Crippen LogP contribution in [0.4, 0.5) is 14.5 Å². The highest BCUT2D eigenvalue weighted by molar-refractivity contribution is 7.99. The van der Waals surface area contributed by atoms with Gasteiger partial charge < -0.3 is 5.32 Å². The number of nitrogens with one attached hydrogen (secondary N) is 1. The molecule has 0 aliphatic carbocycles. The average molecular weight is 305 g/mol. The van der Waals surface area contributed by atoms with E-state index in [9.17, 15) is 8.78 Å². The van der Waals surface area contributed by atoms with E-state index in [0.29, 0.717) is 5.56 Å². The van der Waals surface area contributed by atoms with Crippen LogP contribution >= 0.6 is 11.8 Å².